The molecule has 1 atom stereocenters. The molecule has 3 nitrogen and oxygen atoms in total. The highest BCUT2D eigenvalue weighted by atomic mass is 16.5. The van der Waals surface area contributed by atoms with Crippen LogP contribution in [0.3, 0.4) is 0 Å². The van der Waals surface area contributed by atoms with Crippen LogP contribution in [0.5, 0.6) is 0 Å². The van der Waals surface area contributed by atoms with Crippen molar-refractivity contribution in [3.63, 3.8) is 0 Å². The minimum Gasteiger partial charge on any atom is -0.381 e. The first kappa shape index (κ1) is 12.5. The molecule has 17 heavy (non-hydrogen) atoms. The van der Waals surface area contributed by atoms with Crippen LogP contribution in [-0.2, 0) is 4.74 Å². The molecule has 1 unspecified atom stereocenters. The molecule has 0 saturated heterocycles. The second-order valence-corrected chi connectivity index (χ2v) is 4.85. The molecule has 94 valence electrons. The van der Waals surface area contributed by atoms with Crippen LogP contribution in [0.1, 0.15) is 44.3 Å². The fourth-order valence-corrected chi connectivity index (χ4v) is 2.54. The van der Waals surface area contributed by atoms with Crippen LogP contribution in [-0.4, -0.2) is 24.2 Å². The van der Waals surface area contributed by atoms with Gasteiger partial charge in [-0.2, -0.15) is 0 Å². The zero-order chi connectivity index (χ0) is 12.1. The number of aromatic nitrogens is 1. The Balaban J connectivity index is 1.82. The number of hydrogen-bond donors (Lipinski definition) is 1. The van der Waals surface area contributed by atoms with Gasteiger partial charge in [0, 0.05) is 25.4 Å². The van der Waals surface area contributed by atoms with Gasteiger partial charge in [0.2, 0.25) is 0 Å². The molecule has 1 aromatic rings. The monoisotopic (exact) mass is 234 g/mol. The summed E-state index contributed by atoms with van der Waals surface area (Å²) in [7, 11) is 1.81. The van der Waals surface area contributed by atoms with E-state index in [1.165, 1.54) is 25.7 Å². The number of nitrogens with zero attached hydrogens (tertiary/aromatic N) is 1. The first-order chi connectivity index (χ1) is 8.29. The van der Waals surface area contributed by atoms with Gasteiger partial charge in [0.05, 0.1) is 11.8 Å². The van der Waals surface area contributed by atoms with Crippen molar-refractivity contribution >= 4 is 0 Å². The van der Waals surface area contributed by atoms with Crippen LogP contribution in [0.15, 0.2) is 24.4 Å². The highest BCUT2D eigenvalue weighted by Gasteiger charge is 2.22. The van der Waals surface area contributed by atoms with E-state index >= 15 is 0 Å². The summed E-state index contributed by atoms with van der Waals surface area (Å²) in [6.07, 6.45) is 7.07. The fraction of sp³-hybridized carbons (Fsp3) is 0.643. The molecule has 1 saturated carbocycles. The molecular formula is C14H22N2O. The van der Waals surface area contributed by atoms with Crippen molar-refractivity contribution in [1.29, 1.82) is 0 Å². The second-order valence-electron chi connectivity index (χ2n) is 4.85. The smallest absolute Gasteiger partial charge is 0.0572 e. The maximum atomic E-state index is 5.39. The predicted octanol–water partition coefficient (Wildman–Crippen LogP) is 2.69. The van der Waals surface area contributed by atoms with E-state index in [1.807, 2.05) is 25.4 Å². The topological polar surface area (TPSA) is 34.1 Å². The number of nitrogens with one attached hydrogen (secondary N) is 1. The Labute approximate surface area is 104 Å². The lowest BCUT2D eigenvalue weighted by Crippen LogP contribution is -2.36. The number of methoxy groups -OCH3 is 1. The minimum absolute atomic E-state index is 0.334. The molecule has 1 aliphatic rings. The molecule has 1 aromatic heterocycles. The Kier molecular flexibility index (Phi) is 4.51. The summed E-state index contributed by atoms with van der Waals surface area (Å²) in [5.74, 6) is 0. The zero-order valence-corrected chi connectivity index (χ0v) is 10.7. The molecule has 0 aliphatic heterocycles. The Hall–Kier alpha value is -0.930. The van der Waals surface area contributed by atoms with Gasteiger partial charge < -0.3 is 10.1 Å². The van der Waals surface area contributed by atoms with Gasteiger partial charge in [0.25, 0.3) is 0 Å². The summed E-state index contributed by atoms with van der Waals surface area (Å²) in [4.78, 5) is 4.39. The Morgan fingerprint density at radius 1 is 1.29 bits per heavy atom. The van der Waals surface area contributed by atoms with Crippen molar-refractivity contribution < 1.29 is 4.74 Å². The quantitative estimate of drug-likeness (QED) is 0.869. The van der Waals surface area contributed by atoms with Gasteiger partial charge in [-0.3, -0.25) is 4.98 Å². The lowest BCUT2D eigenvalue weighted by atomic mass is 9.92. The van der Waals surface area contributed by atoms with Gasteiger partial charge in [-0.05, 0) is 44.7 Å². The van der Waals surface area contributed by atoms with E-state index in [0.717, 1.165) is 5.69 Å². The van der Waals surface area contributed by atoms with Gasteiger partial charge in [0.15, 0.2) is 0 Å². The summed E-state index contributed by atoms with van der Waals surface area (Å²) in [5, 5.41) is 3.66. The third-order valence-corrected chi connectivity index (χ3v) is 3.62. The normalized spacial score (nSPS) is 26.7. The standard InChI is InChI=1S/C14H22N2O/c1-11(14-5-3-4-10-15-14)16-12-6-8-13(17-2)9-7-12/h3-5,10-13,16H,6-9H2,1-2H3. The molecular weight excluding hydrogens is 212 g/mol. The first-order valence-corrected chi connectivity index (χ1v) is 6.49. The third-order valence-electron chi connectivity index (χ3n) is 3.62. The number of rotatable bonds is 4. The summed E-state index contributed by atoms with van der Waals surface area (Å²) in [6, 6.07) is 7.03. The largest absolute Gasteiger partial charge is 0.381 e. The third kappa shape index (κ3) is 3.51. The molecule has 0 radical (unpaired) electrons. The molecule has 0 aromatic carbocycles. The van der Waals surface area contributed by atoms with Gasteiger partial charge >= 0.3 is 0 Å². The van der Waals surface area contributed by atoms with Crippen molar-refractivity contribution in [3.05, 3.63) is 30.1 Å². The number of hydrogen-bond acceptors (Lipinski definition) is 3. The molecule has 1 N–H and O–H groups in total. The minimum atomic E-state index is 0.334. The van der Waals surface area contributed by atoms with Gasteiger partial charge in [-0.15, -0.1) is 0 Å². The molecule has 1 fully saturated rings. The zero-order valence-electron chi connectivity index (χ0n) is 10.7. The number of ether oxygens (including phenoxy) is 1. The van der Waals surface area contributed by atoms with Crippen LogP contribution >= 0.6 is 0 Å². The molecule has 2 rings (SSSR count). The number of pyridine rings is 1. The van der Waals surface area contributed by atoms with E-state index in [1.54, 1.807) is 0 Å². The maximum Gasteiger partial charge on any atom is 0.0572 e. The van der Waals surface area contributed by atoms with Gasteiger partial charge in [-0.1, -0.05) is 6.07 Å². The van der Waals surface area contributed by atoms with E-state index in [-0.39, 0.29) is 0 Å². The molecule has 0 spiro atoms. The molecule has 1 aliphatic carbocycles. The van der Waals surface area contributed by atoms with Crippen molar-refractivity contribution in [2.24, 2.45) is 0 Å². The highest BCUT2D eigenvalue weighted by molar-refractivity contribution is 5.07. The molecule has 0 bridgehead atoms. The van der Waals surface area contributed by atoms with E-state index in [2.05, 4.69) is 23.3 Å². The lowest BCUT2D eigenvalue weighted by Gasteiger charge is -2.30. The summed E-state index contributed by atoms with van der Waals surface area (Å²) < 4.78 is 5.39. The van der Waals surface area contributed by atoms with Crippen molar-refractivity contribution in [3.8, 4) is 0 Å². The molecule has 0 amide bonds. The van der Waals surface area contributed by atoms with Crippen LogP contribution in [0.4, 0.5) is 0 Å². The van der Waals surface area contributed by atoms with Crippen molar-refractivity contribution in [2.75, 3.05) is 7.11 Å². The van der Waals surface area contributed by atoms with E-state index in [0.29, 0.717) is 18.2 Å². The highest BCUT2D eigenvalue weighted by Crippen LogP contribution is 2.22. The predicted molar refractivity (Wildman–Crippen MR) is 68.8 cm³/mol. The van der Waals surface area contributed by atoms with Crippen LogP contribution in [0, 0.1) is 0 Å². The Bertz CT molecular complexity index is 320. The summed E-state index contributed by atoms with van der Waals surface area (Å²) in [6.45, 7) is 2.19. The van der Waals surface area contributed by atoms with Crippen molar-refractivity contribution in [1.82, 2.24) is 10.3 Å². The first-order valence-electron chi connectivity index (χ1n) is 6.49. The fourth-order valence-electron chi connectivity index (χ4n) is 2.54. The SMILES string of the molecule is COC1CCC(NC(C)c2ccccn2)CC1. The van der Waals surface area contributed by atoms with Gasteiger partial charge in [-0.25, -0.2) is 0 Å². The maximum absolute atomic E-state index is 5.39. The van der Waals surface area contributed by atoms with E-state index < -0.39 is 0 Å². The van der Waals surface area contributed by atoms with Crippen LogP contribution in [0.2, 0.25) is 0 Å². The Morgan fingerprint density at radius 2 is 2.06 bits per heavy atom. The average molecular weight is 234 g/mol. The second kappa shape index (κ2) is 6.12. The summed E-state index contributed by atoms with van der Waals surface area (Å²) in [5.41, 5.74) is 1.13. The average Bonchev–Trinajstić information content (AvgIpc) is 2.40. The van der Waals surface area contributed by atoms with Gasteiger partial charge in [0.1, 0.15) is 0 Å². The van der Waals surface area contributed by atoms with E-state index in [9.17, 15) is 0 Å². The van der Waals surface area contributed by atoms with E-state index in [4.69, 9.17) is 4.74 Å². The Morgan fingerprint density at radius 3 is 2.65 bits per heavy atom. The van der Waals surface area contributed by atoms with Crippen LogP contribution < -0.4 is 5.32 Å². The van der Waals surface area contributed by atoms with Crippen molar-refractivity contribution in [2.45, 2.75) is 50.8 Å². The molecule has 3 heteroatoms. The lowest BCUT2D eigenvalue weighted by molar-refractivity contribution is 0.0613. The molecule has 1 heterocycles. The van der Waals surface area contributed by atoms with Crippen LogP contribution in [0.25, 0.3) is 0 Å². The summed E-state index contributed by atoms with van der Waals surface area (Å²) >= 11 is 0.